The Hall–Kier alpha value is -3.56. The number of aromatic nitrogens is 2. The summed E-state index contributed by atoms with van der Waals surface area (Å²) in [4.78, 5) is 50.0. The van der Waals surface area contributed by atoms with Gasteiger partial charge in [-0.25, -0.2) is 23.1 Å². The molecular formula is C32H43ClN6O6S2. The highest BCUT2D eigenvalue weighted by molar-refractivity contribution is 8.17. The van der Waals surface area contributed by atoms with Gasteiger partial charge in [0.1, 0.15) is 17.7 Å². The minimum Gasteiger partial charge on any atom is -0.385 e. The second-order valence-electron chi connectivity index (χ2n) is 12.1. The number of carbonyl (C=O) groups is 3. The number of benzene rings is 2. The first-order chi connectivity index (χ1) is 21.5. The number of Topliss-reactive ketones (excluding diaryl/α,β-unsaturated/α-hetero) is 1. The highest BCUT2D eigenvalue weighted by Gasteiger charge is 2.28. The SMILES string of the molecule is CC(=C(CC(O)C(=O)CCNS(=O)(=O)c1cccc2c(N(C)C)cccc12)SC(=O)C(C)(C)C)N(C=O)Cc1cnc(C)nc1N.Cl. The molecule has 0 saturated heterocycles. The number of nitrogens with two attached hydrogens (primary N) is 1. The number of aliphatic hydroxyl groups is 1. The van der Waals surface area contributed by atoms with E-state index in [4.69, 9.17) is 5.73 Å². The van der Waals surface area contributed by atoms with Gasteiger partial charge in [0.2, 0.25) is 16.4 Å². The number of carbonyl (C=O) groups excluding carboxylic acids is 3. The maximum atomic E-state index is 13.3. The second kappa shape index (κ2) is 16.5. The molecular weight excluding hydrogens is 664 g/mol. The number of hydrogen-bond donors (Lipinski definition) is 3. The molecule has 0 radical (unpaired) electrons. The van der Waals surface area contributed by atoms with Gasteiger partial charge < -0.3 is 20.6 Å². The summed E-state index contributed by atoms with van der Waals surface area (Å²) in [6.07, 6.45) is -0.0455. The number of anilines is 2. The van der Waals surface area contributed by atoms with Crippen molar-refractivity contribution in [1.29, 1.82) is 0 Å². The van der Waals surface area contributed by atoms with Crippen LogP contribution in [0.15, 0.2) is 58.1 Å². The van der Waals surface area contributed by atoms with Crippen LogP contribution in [0.5, 0.6) is 0 Å². The van der Waals surface area contributed by atoms with Crippen molar-refractivity contribution in [3.63, 3.8) is 0 Å². The molecule has 1 unspecified atom stereocenters. The molecule has 1 heterocycles. The Labute approximate surface area is 286 Å². The largest absolute Gasteiger partial charge is 0.385 e. The maximum absolute atomic E-state index is 13.3. The number of nitrogens with zero attached hydrogens (tertiary/aromatic N) is 4. The molecule has 0 fully saturated rings. The first-order valence-electron chi connectivity index (χ1n) is 14.6. The Kier molecular flexibility index (Phi) is 13.9. The summed E-state index contributed by atoms with van der Waals surface area (Å²) in [6.45, 7) is 8.26. The van der Waals surface area contributed by atoms with E-state index in [2.05, 4.69) is 14.7 Å². The quantitative estimate of drug-likeness (QED) is 0.205. The number of nitrogen functional groups attached to an aromatic ring is 1. The van der Waals surface area contributed by atoms with Gasteiger partial charge in [-0.2, -0.15) is 0 Å². The van der Waals surface area contributed by atoms with Crippen LogP contribution in [0.4, 0.5) is 11.5 Å². The van der Waals surface area contributed by atoms with Gasteiger partial charge in [0, 0.05) is 77.7 Å². The summed E-state index contributed by atoms with van der Waals surface area (Å²) >= 11 is 0.846. The second-order valence-corrected chi connectivity index (χ2v) is 14.9. The number of fused-ring (bicyclic) bond motifs is 1. The zero-order valence-corrected chi connectivity index (χ0v) is 30.1. The van der Waals surface area contributed by atoms with E-state index in [0.717, 1.165) is 22.8 Å². The Bertz CT molecular complexity index is 1760. The summed E-state index contributed by atoms with van der Waals surface area (Å²) < 4.78 is 29.0. The summed E-state index contributed by atoms with van der Waals surface area (Å²) in [7, 11) is -0.254. The van der Waals surface area contributed by atoms with Gasteiger partial charge in [0.15, 0.2) is 10.9 Å². The number of thioether (sulfide) groups is 1. The van der Waals surface area contributed by atoms with Crippen molar-refractivity contribution in [3.05, 3.63) is 64.6 Å². The molecule has 2 aromatic carbocycles. The van der Waals surface area contributed by atoms with Gasteiger partial charge in [-0.1, -0.05) is 56.8 Å². The molecule has 0 saturated carbocycles. The van der Waals surface area contributed by atoms with Crippen molar-refractivity contribution < 1.29 is 27.9 Å². The van der Waals surface area contributed by atoms with Crippen LogP contribution in [0.3, 0.4) is 0 Å². The fourth-order valence-corrected chi connectivity index (χ4v) is 6.76. The molecule has 1 amide bonds. The summed E-state index contributed by atoms with van der Waals surface area (Å²) in [5, 5.41) is 12.0. The normalized spacial score (nSPS) is 12.9. The monoisotopic (exact) mass is 706 g/mol. The maximum Gasteiger partial charge on any atom is 0.241 e. The highest BCUT2D eigenvalue weighted by Crippen LogP contribution is 2.34. The molecule has 47 heavy (non-hydrogen) atoms. The number of aliphatic hydroxyl groups excluding tert-OH is 1. The minimum absolute atomic E-state index is 0. The van der Waals surface area contributed by atoms with Gasteiger partial charge in [0.25, 0.3) is 0 Å². The number of hydrogen-bond acceptors (Lipinski definition) is 11. The molecule has 0 bridgehead atoms. The number of nitrogens with one attached hydrogen (secondary N) is 1. The van der Waals surface area contributed by atoms with E-state index in [9.17, 15) is 27.9 Å². The molecule has 12 nitrogen and oxygen atoms in total. The van der Waals surface area contributed by atoms with Crippen molar-refractivity contribution in [2.45, 2.75) is 65.0 Å². The van der Waals surface area contributed by atoms with Crippen LogP contribution in [-0.4, -0.2) is 72.4 Å². The number of sulfonamides is 1. The average Bonchev–Trinajstić information content (AvgIpc) is 2.98. The standard InChI is InChI=1S/C32H42N6O6S2.ClH/c1-20(38(19-39)18-22-17-34-21(2)36-30(22)33)28(45-31(42)32(3,4)5)16-27(41)26(40)14-15-35-46(43,44)29-13-9-10-23-24(29)11-8-12-25(23)37(6)7;/h8-13,17,19,27,35,41H,14-16,18H2,1-7H3,(H2,33,34,36);1H. The molecule has 15 heteroatoms. The number of allylic oxidation sites excluding steroid dienone is 1. The van der Waals surface area contributed by atoms with E-state index in [1.165, 1.54) is 17.2 Å². The van der Waals surface area contributed by atoms with Crippen LogP contribution >= 0.6 is 24.2 Å². The zero-order chi connectivity index (χ0) is 34.4. The van der Waals surface area contributed by atoms with E-state index in [0.29, 0.717) is 33.8 Å². The first kappa shape index (κ1) is 39.6. The van der Waals surface area contributed by atoms with E-state index in [1.807, 2.05) is 31.1 Å². The van der Waals surface area contributed by atoms with E-state index < -0.39 is 27.3 Å². The molecule has 3 rings (SSSR count). The van der Waals surface area contributed by atoms with Crippen LogP contribution in [0.1, 0.15) is 51.9 Å². The Morgan fingerprint density at radius 1 is 1.13 bits per heavy atom. The average molecular weight is 707 g/mol. The minimum atomic E-state index is -4.00. The van der Waals surface area contributed by atoms with Crippen LogP contribution in [0.25, 0.3) is 10.8 Å². The first-order valence-corrected chi connectivity index (χ1v) is 16.9. The van der Waals surface area contributed by atoms with E-state index >= 15 is 0 Å². The predicted octanol–water partition coefficient (Wildman–Crippen LogP) is 4.19. The molecule has 0 spiro atoms. The molecule has 256 valence electrons. The van der Waals surface area contributed by atoms with Crippen LogP contribution < -0.4 is 15.4 Å². The predicted molar refractivity (Wildman–Crippen MR) is 189 cm³/mol. The highest BCUT2D eigenvalue weighted by atomic mass is 35.5. The fraction of sp³-hybridized carbons (Fsp3) is 0.406. The van der Waals surface area contributed by atoms with Crippen molar-refractivity contribution in [2.75, 3.05) is 31.3 Å². The number of amides is 1. The van der Waals surface area contributed by atoms with E-state index in [1.54, 1.807) is 52.8 Å². The third-order valence-electron chi connectivity index (χ3n) is 7.19. The van der Waals surface area contributed by atoms with Gasteiger partial charge in [-0.15, -0.1) is 12.4 Å². The number of halogens is 1. The summed E-state index contributed by atoms with van der Waals surface area (Å²) in [5.41, 5.74) is 6.95. The Morgan fingerprint density at radius 2 is 1.77 bits per heavy atom. The van der Waals surface area contributed by atoms with Gasteiger partial charge >= 0.3 is 0 Å². The van der Waals surface area contributed by atoms with Crippen molar-refractivity contribution in [3.8, 4) is 0 Å². The number of ketones is 1. The van der Waals surface area contributed by atoms with Gasteiger partial charge in [-0.3, -0.25) is 14.4 Å². The van der Waals surface area contributed by atoms with E-state index in [-0.39, 0.29) is 54.2 Å². The number of rotatable bonds is 14. The molecule has 4 N–H and O–H groups in total. The van der Waals surface area contributed by atoms with Crippen molar-refractivity contribution in [1.82, 2.24) is 19.6 Å². The van der Waals surface area contributed by atoms with Gasteiger partial charge in [0.05, 0.1) is 11.4 Å². The van der Waals surface area contributed by atoms with Crippen molar-refractivity contribution >= 4 is 73.8 Å². The zero-order valence-electron chi connectivity index (χ0n) is 27.6. The molecule has 0 aliphatic heterocycles. The fourth-order valence-electron chi connectivity index (χ4n) is 4.47. The smallest absolute Gasteiger partial charge is 0.241 e. The summed E-state index contributed by atoms with van der Waals surface area (Å²) in [6, 6.07) is 10.4. The topological polar surface area (TPSA) is 176 Å². The molecule has 3 aromatic rings. The van der Waals surface area contributed by atoms with Crippen molar-refractivity contribution in [2.24, 2.45) is 5.41 Å². The van der Waals surface area contributed by atoms with Crippen LogP contribution in [0.2, 0.25) is 0 Å². The lowest BCUT2D eigenvalue weighted by Gasteiger charge is -2.25. The molecule has 0 aliphatic rings. The third-order valence-corrected chi connectivity index (χ3v) is 10.2. The Balaban J connectivity index is 0.00000768. The lowest BCUT2D eigenvalue weighted by molar-refractivity contribution is -0.126. The number of aryl methyl sites for hydroxylation is 1. The molecule has 1 atom stereocenters. The molecule has 1 aromatic heterocycles. The third kappa shape index (κ3) is 10.2. The van der Waals surface area contributed by atoms with Crippen LogP contribution in [-0.2, 0) is 31.0 Å². The lowest BCUT2D eigenvalue weighted by Crippen LogP contribution is -2.30. The molecule has 0 aliphatic carbocycles. The van der Waals surface area contributed by atoms with Crippen LogP contribution in [0, 0.1) is 12.3 Å². The van der Waals surface area contributed by atoms with Gasteiger partial charge in [-0.05, 0) is 26.0 Å². The Morgan fingerprint density at radius 3 is 2.36 bits per heavy atom. The summed E-state index contributed by atoms with van der Waals surface area (Å²) in [5.74, 6) is 0.0440. The lowest BCUT2D eigenvalue weighted by atomic mass is 10.00.